The minimum Gasteiger partial charge on any atom is -0.425 e. The molecule has 0 saturated heterocycles. The van der Waals surface area contributed by atoms with Crippen LogP contribution in [-0.4, -0.2) is 22.8 Å². The van der Waals surface area contributed by atoms with Crippen molar-refractivity contribution in [2.24, 2.45) is 5.41 Å². The zero-order valence-electron chi connectivity index (χ0n) is 9.99. The van der Waals surface area contributed by atoms with E-state index in [-0.39, 0.29) is 0 Å². The van der Waals surface area contributed by atoms with Gasteiger partial charge in [-0.25, -0.2) is 0 Å². The Balaban J connectivity index is 1.52. The Hall–Kier alpha value is -0.900. The molecule has 1 atom stereocenters. The van der Waals surface area contributed by atoms with Crippen LogP contribution in [0.15, 0.2) is 4.42 Å². The standard InChI is InChI=1S/C12H19N3O/c1-12(2)7-9(12)11-15-14-10(16-11)5-6-13-8-3-4-8/h8-9,13H,3-7H2,1-2H3. The average molecular weight is 221 g/mol. The summed E-state index contributed by atoms with van der Waals surface area (Å²) in [6, 6.07) is 0.754. The Morgan fingerprint density at radius 2 is 2.12 bits per heavy atom. The van der Waals surface area contributed by atoms with Gasteiger partial charge in [-0.3, -0.25) is 0 Å². The van der Waals surface area contributed by atoms with Crippen LogP contribution in [0.4, 0.5) is 0 Å². The molecule has 4 heteroatoms. The molecule has 0 bridgehead atoms. The number of aromatic nitrogens is 2. The van der Waals surface area contributed by atoms with Gasteiger partial charge in [-0.15, -0.1) is 10.2 Å². The molecule has 0 amide bonds. The molecule has 1 aromatic heterocycles. The topological polar surface area (TPSA) is 51.0 Å². The van der Waals surface area contributed by atoms with Gasteiger partial charge >= 0.3 is 0 Å². The third-order valence-electron chi connectivity index (χ3n) is 3.64. The van der Waals surface area contributed by atoms with Crippen LogP contribution in [0, 0.1) is 5.41 Å². The van der Waals surface area contributed by atoms with E-state index in [9.17, 15) is 0 Å². The summed E-state index contributed by atoms with van der Waals surface area (Å²) in [6.07, 6.45) is 4.68. The third-order valence-corrected chi connectivity index (χ3v) is 3.64. The van der Waals surface area contributed by atoms with Gasteiger partial charge in [0.2, 0.25) is 11.8 Å². The number of nitrogens with zero attached hydrogens (tertiary/aromatic N) is 2. The maximum Gasteiger partial charge on any atom is 0.220 e. The molecule has 0 aliphatic heterocycles. The summed E-state index contributed by atoms with van der Waals surface area (Å²) in [5.74, 6) is 2.11. The second-order valence-electron chi connectivity index (χ2n) is 5.76. The second-order valence-corrected chi connectivity index (χ2v) is 5.76. The van der Waals surface area contributed by atoms with Crippen LogP contribution in [-0.2, 0) is 6.42 Å². The molecule has 0 radical (unpaired) electrons. The molecule has 2 fully saturated rings. The van der Waals surface area contributed by atoms with Crippen LogP contribution in [0.25, 0.3) is 0 Å². The van der Waals surface area contributed by atoms with E-state index in [1.54, 1.807) is 0 Å². The summed E-state index contributed by atoms with van der Waals surface area (Å²) >= 11 is 0. The zero-order chi connectivity index (χ0) is 11.2. The first-order valence-corrected chi connectivity index (χ1v) is 6.21. The number of nitrogens with one attached hydrogen (secondary N) is 1. The van der Waals surface area contributed by atoms with E-state index in [0.717, 1.165) is 30.8 Å². The van der Waals surface area contributed by atoms with Crippen molar-refractivity contribution in [2.75, 3.05) is 6.54 Å². The van der Waals surface area contributed by atoms with E-state index in [1.807, 2.05) is 0 Å². The highest BCUT2D eigenvalue weighted by Gasteiger charge is 2.50. The van der Waals surface area contributed by atoms with Crippen molar-refractivity contribution in [3.05, 3.63) is 11.8 Å². The Bertz CT molecular complexity index is 381. The van der Waals surface area contributed by atoms with E-state index in [2.05, 4.69) is 29.4 Å². The van der Waals surface area contributed by atoms with Crippen molar-refractivity contribution in [1.29, 1.82) is 0 Å². The summed E-state index contributed by atoms with van der Waals surface area (Å²) in [4.78, 5) is 0. The molecule has 1 N–H and O–H groups in total. The van der Waals surface area contributed by atoms with Gasteiger partial charge < -0.3 is 9.73 Å². The maximum atomic E-state index is 5.68. The highest BCUT2D eigenvalue weighted by molar-refractivity contribution is 5.12. The molecular weight excluding hydrogens is 202 g/mol. The lowest BCUT2D eigenvalue weighted by Crippen LogP contribution is -2.19. The van der Waals surface area contributed by atoms with Crippen LogP contribution >= 0.6 is 0 Å². The Labute approximate surface area is 95.8 Å². The summed E-state index contributed by atoms with van der Waals surface area (Å²) in [7, 11) is 0. The van der Waals surface area contributed by atoms with Gasteiger partial charge in [-0.05, 0) is 24.7 Å². The van der Waals surface area contributed by atoms with Crippen LogP contribution in [0.5, 0.6) is 0 Å². The maximum absolute atomic E-state index is 5.68. The van der Waals surface area contributed by atoms with E-state index in [4.69, 9.17) is 4.42 Å². The highest BCUT2D eigenvalue weighted by atomic mass is 16.4. The van der Waals surface area contributed by atoms with Crippen molar-refractivity contribution in [1.82, 2.24) is 15.5 Å². The Morgan fingerprint density at radius 3 is 2.75 bits per heavy atom. The summed E-state index contributed by atoms with van der Waals surface area (Å²) < 4.78 is 5.68. The fourth-order valence-electron chi connectivity index (χ4n) is 2.07. The Morgan fingerprint density at radius 1 is 1.38 bits per heavy atom. The van der Waals surface area contributed by atoms with Crippen molar-refractivity contribution < 1.29 is 4.42 Å². The molecule has 2 aliphatic rings. The van der Waals surface area contributed by atoms with Crippen molar-refractivity contribution in [3.8, 4) is 0 Å². The van der Waals surface area contributed by atoms with E-state index in [1.165, 1.54) is 19.3 Å². The van der Waals surface area contributed by atoms with Gasteiger partial charge in [-0.2, -0.15) is 0 Å². The lowest BCUT2D eigenvalue weighted by molar-refractivity contribution is 0.428. The van der Waals surface area contributed by atoms with E-state index >= 15 is 0 Å². The summed E-state index contributed by atoms with van der Waals surface area (Å²) in [6.45, 7) is 5.45. The van der Waals surface area contributed by atoms with Crippen LogP contribution in [0.1, 0.15) is 50.8 Å². The molecule has 3 rings (SSSR count). The Kier molecular flexibility index (Phi) is 2.28. The summed E-state index contributed by atoms with van der Waals surface area (Å²) in [5.41, 5.74) is 0.371. The van der Waals surface area contributed by atoms with Crippen LogP contribution in [0.3, 0.4) is 0 Å². The molecule has 0 aromatic carbocycles. The van der Waals surface area contributed by atoms with E-state index < -0.39 is 0 Å². The third kappa shape index (κ3) is 2.12. The first kappa shape index (κ1) is 10.3. The molecule has 1 aromatic rings. The average Bonchev–Trinajstić information content (AvgIpc) is 3.09. The molecule has 16 heavy (non-hydrogen) atoms. The first-order chi connectivity index (χ1) is 7.65. The highest BCUT2D eigenvalue weighted by Crippen LogP contribution is 2.58. The number of hydrogen-bond acceptors (Lipinski definition) is 4. The van der Waals surface area contributed by atoms with Crippen molar-refractivity contribution in [3.63, 3.8) is 0 Å². The molecule has 2 aliphatic carbocycles. The van der Waals surface area contributed by atoms with Crippen molar-refractivity contribution in [2.45, 2.75) is 51.5 Å². The fourth-order valence-corrected chi connectivity index (χ4v) is 2.07. The predicted molar refractivity (Wildman–Crippen MR) is 60.2 cm³/mol. The van der Waals surface area contributed by atoms with E-state index in [0.29, 0.717) is 11.3 Å². The zero-order valence-corrected chi connectivity index (χ0v) is 9.99. The molecule has 1 heterocycles. The fraction of sp³-hybridized carbons (Fsp3) is 0.833. The molecule has 4 nitrogen and oxygen atoms in total. The van der Waals surface area contributed by atoms with Gasteiger partial charge in [0, 0.05) is 24.9 Å². The summed E-state index contributed by atoms with van der Waals surface area (Å²) in [5, 5.41) is 11.7. The van der Waals surface area contributed by atoms with Gasteiger partial charge in [-0.1, -0.05) is 13.8 Å². The lowest BCUT2D eigenvalue weighted by Gasteiger charge is -1.98. The quantitative estimate of drug-likeness (QED) is 0.824. The van der Waals surface area contributed by atoms with Gasteiger partial charge in [0.25, 0.3) is 0 Å². The number of hydrogen-bond donors (Lipinski definition) is 1. The minimum absolute atomic E-state index is 0.371. The lowest BCUT2D eigenvalue weighted by atomic mass is 10.1. The smallest absolute Gasteiger partial charge is 0.220 e. The van der Waals surface area contributed by atoms with Gasteiger partial charge in [0.15, 0.2) is 0 Å². The van der Waals surface area contributed by atoms with Gasteiger partial charge in [0.05, 0.1) is 0 Å². The van der Waals surface area contributed by atoms with Crippen LogP contribution < -0.4 is 5.32 Å². The largest absolute Gasteiger partial charge is 0.425 e. The first-order valence-electron chi connectivity index (χ1n) is 6.21. The normalized spacial score (nSPS) is 27.0. The number of rotatable bonds is 5. The molecule has 1 unspecified atom stereocenters. The molecular formula is C12H19N3O. The molecule has 0 spiro atoms. The molecule has 2 saturated carbocycles. The monoisotopic (exact) mass is 221 g/mol. The predicted octanol–water partition coefficient (Wildman–Crippen LogP) is 1.88. The van der Waals surface area contributed by atoms with Crippen molar-refractivity contribution >= 4 is 0 Å². The molecule has 88 valence electrons. The second kappa shape index (κ2) is 3.55. The minimum atomic E-state index is 0.371. The van der Waals surface area contributed by atoms with Crippen LogP contribution in [0.2, 0.25) is 0 Å². The van der Waals surface area contributed by atoms with Gasteiger partial charge in [0.1, 0.15) is 0 Å². The SMILES string of the molecule is CC1(C)CC1c1nnc(CCNC2CC2)o1.